The van der Waals surface area contributed by atoms with Crippen LogP contribution in [0.1, 0.15) is 64.7 Å². The van der Waals surface area contributed by atoms with E-state index in [4.69, 9.17) is 0 Å². The summed E-state index contributed by atoms with van der Waals surface area (Å²) in [5.74, 6) is 1.24. The minimum Gasteiger partial charge on any atom is -0.295 e. The Labute approximate surface area is 92.9 Å². The van der Waals surface area contributed by atoms with Crippen molar-refractivity contribution in [2.24, 2.45) is 5.92 Å². The lowest BCUT2D eigenvalue weighted by atomic mass is 9.86. The van der Waals surface area contributed by atoms with Gasteiger partial charge in [-0.05, 0) is 43.6 Å². The first-order valence-electron chi connectivity index (χ1n) is 6.58. The molecule has 1 atom stereocenters. The zero-order valence-electron chi connectivity index (χ0n) is 9.85. The topological polar surface area (TPSA) is 17.1 Å². The van der Waals surface area contributed by atoms with Gasteiger partial charge in [0.25, 0.3) is 0 Å². The van der Waals surface area contributed by atoms with E-state index in [1.54, 1.807) is 5.57 Å². The highest BCUT2D eigenvalue weighted by Gasteiger charge is 2.30. The first kappa shape index (κ1) is 10.9. The Balaban J connectivity index is 1.95. The van der Waals surface area contributed by atoms with E-state index < -0.39 is 0 Å². The number of rotatable bonds is 4. The monoisotopic (exact) mass is 206 g/mol. The van der Waals surface area contributed by atoms with Gasteiger partial charge in [-0.1, -0.05) is 31.8 Å². The van der Waals surface area contributed by atoms with Crippen molar-refractivity contribution in [3.8, 4) is 0 Å². The van der Waals surface area contributed by atoms with Crippen LogP contribution in [0.25, 0.3) is 0 Å². The summed E-state index contributed by atoms with van der Waals surface area (Å²) in [7, 11) is 0. The van der Waals surface area contributed by atoms with Crippen molar-refractivity contribution in [3.63, 3.8) is 0 Å². The number of ketones is 1. The van der Waals surface area contributed by atoms with Gasteiger partial charge in [0.1, 0.15) is 0 Å². The predicted octanol–water partition coefficient (Wildman–Crippen LogP) is 4.03. The summed E-state index contributed by atoms with van der Waals surface area (Å²) < 4.78 is 0. The largest absolute Gasteiger partial charge is 0.295 e. The average molecular weight is 206 g/mol. The highest BCUT2D eigenvalue weighted by atomic mass is 16.1. The van der Waals surface area contributed by atoms with E-state index in [-0.39, 0.29) is 0 Å². The Morgan fingerprint density at radius 3 is 2.87 bits per heavy atom. The number of carbonyl (C=O) groups is 1. The van der Waals surface area contributed by atoms with Gasteiger partial charge in [0.05, 0.1) is 0 Å². The lowest BCUT2D eigenvalue weighted by Crippen LogP contribution is -2.10. The van der Waals surface area contributed by atoms with Crippen molar-refractivity contribution in [1.82, 2.24) is 0 Å². The fraction of sp³-hybridized carbons (Fsp3) is 0.786. The maximum absolute atomic E-state index is 11.7. The van der Waals surface area contributed by atoms with Crippen LogP contribution in [-0.4, -0.2) is 5.78 Å². The molecule has 0 amide bonds. The van der Waals surface area contributed by atoms with Gasteiger partial charge in [0.15, 0.2) is 5.78 Å². The summed E-state index contributed by atoms with van der Waals surface area (Å²) in [4.78, 5) is 11.7. The lowest BCUT2D eigenvalue weighted by molar-refractivity contribution is -0.116. The molecule has 0 aromatic heterocycles. The molecular formula is C14H22O. The van der Waals surface area contributed by atoms with E-state index in [1.807, 2.05) is 0 Å². The molecule has 0 aromatic carbocycles. The van der Waals surface area contributed by atoms with E-state index in [2.05, 4.69) is 6.92 Å². The van der Waals surface area contributed by atoms with Crippen molar-refractivity contribution in [2.45, 2.75) is 64.7 Å². The van der Waals surface area contributed by atoms with Crippen LogP contribution in [0, 0.1) is 5.92 Å². The molecule has 1 heteroatoms. The van der Waals surface area contributed by atoms with E-state index in [1.165, 1.54) is 44.1 Å². The summed E-state index contributed by atoms with van der Waals surface area (Å²) in [5, 5.41) is 0. The molecule has 1 unspecified atom stereocenters. The molecule has 0 saturated heterocycles. The molecular weight excluding hydrogens is 184 g/mol. The second kappa shape index (κ2) is 4.96. The smallest absolute Gasteiger partial charge is 0.158 e. The summed E-state index contributed by atoms with van der Waals surface area (Å²) in [6.07, 6.45) is 10.8. The van der Waals surface area contributed by atoms with Crippen LogP contribution in [0.15, 0.2) is 11.1 Å². The zero-order valence-corrected chi connectivity index (χ0v) is 9.85. The van der Waals surface area contributed by atoms with Crippen LogP contribution in [0.5, 0.6) is 0 Å². The quantitative estimate of drug-likeness (QED) is 0.635. The third-order valence-electron chi connectivity index (χ3n) is 3.97. The van der Waals surface area contributed by atoms with Crippen LogP contribution >= 0.6 is 0 Å². The van der Waals surface area contributed by atoms with Crippen molar-refractivity contribution in [2.75, 3.05) is 0 Å². The molecule has 0 saturated carbocycles. The molecule has 84 valence electrons. The molecule has 0 N–H and O–H groups in total. The molecule has 0 aromatic rings. The first-order valence-corrected chi connectivity index (χ1v) is 6.58. The Morgan fingerprint density at radius 1 is 1.20 bits per heavy atom. The van der Waals surface area contributed by atoms with Crippen molar-refractivity contribution in [3.05, 3.63) is 11.1 Å². The average Bonchev–Trinajstić information content (AvgIpc) is 2.64. The Morgan fingerprint density at radius 2 is 2.07 bits per heavy atom. The third kappa shape index (κ3) is 2.32. The molecule has 0 spiro atoms. The van der Waals surface area contributed by atoms with Crippen LogP contribution in [0.2, 0.25) is 0 Å². The second-order valence-corrected chi connectivity index (χ2v) is 5.01. The molecule has 0 bridgehead atoms. The van der Waals surface area contributed by atoms with Crippen LogP contribution < -0.4 is 0 Å². The molecule has 1 nitrogen and oxygen atoms in total. The van der Waals surface area contributed by atoms with Crippen LogP contribution in [0.4, 0.5) is 0 Å². The standard InChI is InChI=1S/C14H22O/c1-2-3-4-6-11-9-10-13-12(11)7-5-8-14(13)15/h11H,2-10H2,1H3. The van der Waals surface area contributed by atoms with Gasteiger partial charge >= 0.3 is 0 Å². The Bertz CT molecular complexity index is 275. The number of unbranched alkanes of at least 4 members (excludes halogenated alkanes) is 2. The summed E-state index contributed by atoms with van der Waals surface area (Å²) in [6.45, 7) is 2.25. The lowest BCUT2D eigenvalue weighted by Gasteiger charge is -2.18. The first-order chi connectivity index (χ1) is 7.33. The predicted molar refractivity (Wildman–Crippen MR) is 62.8 cm³/mol. The third-order valence-corrected chi connectivity index (χ3v) is 3.97. The van der Waals surface area contributed by atoms with E-state index in [0.717, 1.165) is 25.2 Å². The highest BCUT2D eigenvalue weighted by molar-refractivity contribution is 5.97. The van der Waals surface area contributed by atoms with Gasteiger partial charge in [-0.2, -0.15) is 0 Å². The molecule has 2 aliphatic carbocycles. The van der Waals surface area contributed by atoms with Crippen molar-refractivity contribution < 1.29 is 4.79 Å². The fourth-order valence-electron chi connectivity index (χ4n) is 3.12. The van der Waals surface area contributed by atoms with Gasteiger partial charge in [0.2, 0.25) is 0 Å². The fourth-order valence-corrected chi connectivity index (χ4v) is 3.12. The highest BCUT2D eigenvalue weighted by Crippen LogP contribution is 2.41. The summed E-state index contributed by atoms with van der Waals surface area (Å²) in [6, 6.07) is 0. The van der Waals surface area contributed by atoms with E-state index in [9.17, 15) is 4.79 Å². The summed E-state index contributed by atoms with van der Waals surface area (Å²) >= 11 is 0. The molecule has 15 heavy (non-hydrogen) atoms. The van der Waals surface area contributed by atoms with Crippen molar-refractivity contribution >= 4 is 5.78 Å². The molecule has 2 rings (SSSR count). The second-order valence-electron chi connectivity index (χ2n) is 5.01. The molecule has 2 aliphatic rings. The number of hydrogen-bond acceptors (Lipinski definition) is 1. The minimum absolute atomic E-state index is 0.467. The molecule has 0 aliphatic heterocycles. The normalized spacial score (nSPS) is 25.9. The van der Waals surface area contributed by atoms with Gasteiger partial charge in [-0.3, -0.25) is 4.79 Å². The molecule has 0 radical (unpaired) electrons. The van der Waals surface area contributed by atoms with E-state index >= 15 is 0 Å². The molecule has 0 heterocycles. The van der Waals surface area contributed by atoms with Crippen LogP contribution in [-0.2, 0) is 4.79 Å². The molecule has 0 fully saturated rings. The van der Waals surface area contributed by atoms with Gasteiger partial charge in [-0.25, -0.2) is 0 Å². The number of carbonyl (C=O) groups excluding carboxylic acids is 1. The van der Waals surface area contributed by atoms with Crippen LogP contribution in [0.3, 0.4) is 0 Å². The van der Waals surface area contributed by atoms with Gasteiger partial charge < -0.3 is 0 Å². The Hall–Kier alpha value is -0.590. The summed E-state index contributed by atoms with van der Waals surface area (Å²) in [5.41, 5.74) is 2.80. The minimum atomic E-state index is 0.467. The SMILES string of the molecule is CCCCCC1CCC2=C1CCCC2=O. The Kier molecular flexibility index (Phi) is 3.61. The number of Topliss-reactive ketones (excluding diaryl/α,β-unsaturated/α-hetero) is 1. The van der Waals surface area contributed by atoms with E-state index in [0.29, 0.717) is 5.78 Å². The van der Waals surface area contributed by atoms with Crippen molar-refractivity contribution in [1.29, 1.82) is 0 Å². The number of hydrogen-bond donors (Lipinski definition) is 0. The van der Waals surface area contributed by atoms with Gasteiger partial charge in [-0.15, -0.1) is 0 Å². The maximum Gasteiger partial charge on any atom is 0.158 e. The zero-order chi connectivity index (χ0) is 10.7. The number of allylic oxidation sites excluding steroid dienone is 2. The van der Waals surface area contributed by atoms with Gasteiger partial charge in [0, 0.05) is 6.42 Å². The maximum atomic E-state index is 11.7.